The van der Waals surface area contributed by atoms with Crippen LogP contribution in [0.15, 0.2) is 23.5 Å². The molecule has 2 aliphatic rings. The Morgan fingerprint density at radius 1 is 1.40 bits per heavy atom. The topological polar surface area (TPSA) is 26.3 Å². The summed E-state index contributed by atoms with van der Waals surface area (Å²) in [6.45, 7) is 0. The number of rotatable bonds is 0. The maximum absolute atomic E-state index is 12.3. The second-order valence-corrected chi connectivity index (χ2v) is 3.60. The number of hydrogen-bond acceptors (Lipinski definition) is 2. The highest BCUT2D eigenvalue weighted by atomic mass is 19.4. The molecule has 0 bridgehead atoms. The first-order chi connectivity index (χ1) is 6.97. The van der Waals surface area contributed by atoms with Gasteiger partial charge in [0.2, 0.25) is 0 Å². The van der Waals surface area contributed by atoms with Gasteiger partial charge >= 0.3 is 6.18 Å². The van der Waals surface area contributed by atoms with E-state index in [9.17, 15) is 18.0 Å². The summed E-state index contributed by atoms with van der Waals surface area (Å²) in [7, 11) is 0. The fourth-order valence-electron chi connectivity index (χ4n) is 1.70. The molecule has 0 saturated carbocycles. The van der Waals surface area contributed by atoms with Crippen molar-refractivity contribution in [2.75, 3.05) is 0 Å². The molecule has 0 aromatic heterocycles. The van der Waals surface area contributed by atoms with Crippen LogP contribution in [0.3, 0.4) is 0 Å². The first kappa shape index (κ1) is 10.3. The second kappa shape index (κ2) is 3.40. The lowest BCUT2D eigenvalue weighted by atomic mass is 9.95. The van der Waals surface area contributed by atoms with Crippen LogP contribution in [0.4, 0.5) is 13.2 Å². The van der Waals surface area contributed by atoms with Gasteiger partial charge in [-0.25, -0.2) is 0 Å². The summed E-state index contributed by atoms with van der Waals surface area (Å²) in [4.78, 5) is 11.0. The zero-order valence-corrected chi connectivity index (χ0v) is 7.80. The van der Waals surface area contributed by atoms with Gasteiger partial charge in [-0.05, 0) is 30.6 Å². The minimum atomic E-state index is -4.33. The van der Waals surface area contributed by atoms with Crippen LogP contribution in [0.2, 0.25) is 0 Å². The Morgan fingerprint density at radius 3 is 2.80 bits per heavy atom. The van der Waals surface area contributed by atoms with Gasteiger partial charge in [-0.15, -0.1) is 0 Å². The molecule has 5 heteroatoms. The second-order valence-electron chi connectivity index (χ2n) is 3.60. The Morgan fingerprint density at radius 2 is 2.13 bits per heavy atom. The first-order valence-corrected chi connectivity index (χ1v) is 4.64. The van der Waals surface area contributed by atoms with Crippen LogP contribution in [0.1, 0.15) is 19.3 Å². The fraction of sp³-hybridized carbons (Fsp3) is 0.500. The Bertz CT molecular complexity index is 352. The van der Waals surface area contributed by atoms with E-state index in [2.05, 4.69) is 0 Å². The molecule has 1 saturated heterocycles. The van der Waals surface area contributed by atoms with Crippen LogP contribution < -0.4 is 0 Å². The van der Waals surface area contributed by atoms with Gasteiger partial charge < -0.3 is 4.74 Å². The lowest BCUT2D eigenvalue weighted by Gasteiger charge is -2.30. The number of halogens is 3. The van der Waals surface area contributed by atoms with E-state index in [1.54, 1.807) is 0 Å². The van der Waals surface area contributed by atoms with E-state index in [-0.39, 0.29) is 30.8 Å². The molecule has 0 amide bonds. The van der Waals surface area contributed by atoms with Gasteiger partial charge in [0.15, 0.2) is 11.9 Å². The molecule has 1 atom stereocenters. The van der Waals surface area contributed by atoms with Crippen molar-refractivity contribution in [2.24, 2.45) is 0 Å². The number of carbonyl (C=O) groups excluding carboxylic acids is 1. The van der Waals surface area contributed by atoms with Crippen LogP contribution in [0.5, 0.6) is 0 Å². The maximum Gasteiger partial charge on any atom is 0.425 e. The standard InChI is InChI=1S/C10H9F3O2/c11-10(12,13)9-4-1-6-5-7(14)2-3-8(6)15-9/h3,5,9H,1-2,4H2. The minimum Gasteiger partial charge on any atom is -0.481 e. The summed E-state index contributed by atoms with van der Waals surface area (Å²) in [6.07, 6.45) is -2.98. The summed E-state index contributed by atoms with van der Waals surface area (Å²) in [6, 6.07) is 0. The molecule has 1 aliphatic carbocycles. The van der Waals surface area contributed by atoms with Crippen molar-refractivity contribution in [1.29, 1.82) is 0 Å². The summed E-state index contributed by atoms with van der Waals surface area (Å²) >= 11 is 0. The van der Waals surface area contributed by atoms with Crippen molar-refractivity contribution in [1.82, 2.24) is 0 Å². The number of alkyl halides is 3. The molecule has 82 valence electrons. The Balaban J connectivity index is 2.15. The van der Waals surface area contributed by atoms with E-state index in [4.69, 9.17) is 4.74 Å². The zero-order valence-electron chi connectivity index (χ0n) is 7.80. The summed E-state index contributed by atoms with van der Waals surface area (Å²) in [5.74, 6) is 0.144. The Labute approximate surface area is 84.4 Å². The zero-order chi connectivity index (χ0) is 11.1. The number of hydrogen-bond donors (Lipinski definition) is 0. The smallest absolute Gasteiger partial charge is 0.425 e. The SMILES string of the molecule is O=C1C=C2CCC(C(F)(F)F)OC2=CC1. The highest BCUT2D eigenvalue weighted by Gasteiger charge is 2.44. The molecular formula is C10H9F3O2. The Hall–Kier alpha value is -1.26. The van der Waals surface area contributed by atoms with Crippen LogP contribution >= 0.6 is 0 Å². The number of ketones is 1. The lowest BCUT2D eigenvalue weighted by Crippen LogP contribution is -2.35. The molecule has 0 N–H and O–H groups in total. The molecule has 2 nitrogen and oxygen atoms in total. The third kappa shape index (κ3) is 2.06. The van der Waals surface area contributed by atoms with Crippen molar-refractivity contribution >= 4 is 5.78 Å². The van der Waals surface area contributed by atoms with Crippen LogP contribution in [-0.4, -0.2) is 18.1 Å². The molecular weight excluding hydrogens is 209 g/mol. The van der Waals surface area contributed by atoms with E-state index >= 15 is 0 Å². The van der Waals surface area contributed by atoms with E-state index in [1.165, 1.54) is 12.2 Å². The maximum atomic E-state index is 12.3. The summed E-state index contributed by atoms with van der Waals surface area (Å²) in [5, 5.41) is 0. The predicted molar refractivity (Wildman–Crippen MR) is 46.0 cm³/mol. The predicted octanol–water partition coefficient (Wildman–Crippen LogP) is 2.51. The van der Waals surface area contributed by atoms with Crippen molar-refractivity contribution < 1.29 is 22.7 Å². The average Bonchev–Trinajstić information content (AvgIpc) is 2.15. The van der Waals surface area contributed by atoms with Crippen LogP contribution in [0, 0.1) is 0 Å². The molecule has 0 aromatic rings. The molecule has 1 aliphatic heterocycles. The third-order valence-electron chi connectivity index (χ3n) is 2.45. The molecule has 1 heterocycles. The average molecular weight is 218 g/mol. The molecule has 0 radical (unpaired) electrons. The largest absolute Gasteiger partial charge is 0.481 e. The third-order valence-corrected chi connectivity index (χ3v) is 2.45. The van der Waals surface area contributed by atoms with Gasteiger partial charge in [-0.2, -0.15) is 13.2 Å². The van der Waals surface area contributed by atoms with Crippen LogP contribution in [-0.2, 0) is 9.53 Å². The van der Waals surface area contributed by atoms with Gasteiger partial charge in [0.1, 0.15) is 5.76 Å². The summed E-state index contributed by atoms with van der Waals surface area (Å²) < 4.78 is 41.8. The molecule has 0 spiro atoms. The first-order valence-electron chi connectivity index (χ1n) is 4.64. The Kier molecular flexibility index (Phi) is 2.32. The van der Waals surface area contributed by atoms with Crippen molar-refractivity contribution in [3.05, 3.63) is 23.5 Å². The van der Waals surface area contributed by atoms with E-state index in [0.29, 0.717) is 5.57 Å². The number of carbonyl (C=O) groups is 1. The van der Waals surface area contributed by atoms with Crippen molar-refractivity contribution in [3.63, 3.8) is 0 Å². The van der Waals surface area contributed by atoms with Gasteiger partial charge in [0.25, 0.3) is 0 Å². The van der Waals surface area contributed by atoms with Crippen molar-refractivity contribution in [3.8, 4) is 0 Å². The minimum absolute atomic E-state index is 0.0807. The molecule has 2 rings (SSSR count). The lowest BCUT2D eigenvalue weighted by molar-refractivity contribution is -0.214. The fourth-order valence-corrected chi connectivity index (χ4v) is 1.70. The highest BCUT2D eigenvalue weighted by Crippen LogP contribution is 2.37. The normalized spacial score (nSPS) is 26.3. The molecule has 15 heavy (non-hydrogen) atoms. The van der Waals surface area contributed by atoms with Gasteiger partial charge in [0.05, 0.1) is 0 Å². The van der Waals surface area contributed by atoms with Crippen molar-refractivity contribution in [2.45, 2.75) is 31.5 Å². The van der Waals surface area contributed by atoms with E-state index in [1.807, 2.05) is 0 Å². The van der Waals surface area contributed by atoms with E-state index < -0.39 is 12.3 Å². The number of ether oxygens (including phenoxy) is 1. The number of fused-ring (bicyclic) bond motifs is 1. The number of allylic oxidation sites excluding steroid dienone is 3. The summed E-state index contributed by atoms with van der Waals surface area (Å²) in [5.41, 5.74) is 0.590. The van der Waals surface area contributed by atoms with Crippen LogP contribution in [0.25, 0.3) is 0 Å². The van der Waals surface area contributed by atoms with Gasteiger partial charge in [0, 0.05) is 6.42 Å². The molecule has 1 unspecified atom stereocenters. The monoisotopic (exact) mass is 218 g/mol. The van der Waals surface area contributed by atoms with E-state index in [0.717, 1.165) is 0 Å². The van der Waals surface area contributed by atoms with Gasteiger partial charge in [-0.1, -0.05) is 0 Å². The quantitative estimate of drug-likeness (QED) is 0.624. The highest BCUT2D eigenvalue weighted by molar-refractivity contribution is 5.93. The van der Waals surface area contributed by atoms with Gasteiger partial charge in [-0.3, -0.25) is 4.79 Å². The molecule has 0 aromatic carbocycles. The molecule has 1 fully saturated rings.